The van der Waals surface area contributed by atoms with Crippen LogP contribution in [0.25, 0.3) is 0 Å². The molecular weight excluding hydrogens is 483 g/mol. The number of guanidine groups is 1. The normalized spacial score (nSPS) is 15.3. The molecule has 2 aromatic rings. The number of rotatable bonds is 8. The molecule has 28 heavy (non-hydrogen) atoms. The minimum absolute atomic E-state index is 0. The smallest absolute Gasteiger partial charge is 0.191 e. The number of hydrogen-bond acceptors (Lipinski definition) is 4. The van der Waals surface area contributed by atoms with Gasteiger partial charge in [-0.25, -0.2) is 0 Å². The molecule has 0 fully saturated rings. The zero-order chi connectivity index (χ0) is 18.9. The molecule has 0 aromatic carbocycles. The number of hydrogen-bond donors (Lipinski definition) is 2. The van der Waals surface area contributed by atoms with E-state index >= 15 is 0 Å². The van der Waals surface area contributed by atoms with Gasteiger partial charge in [-0.2, -0.15) is 11.3 Å². The molecule has 6 nitrogen and oxygen atoms in total. The molecule has 0 saturated carbocycles. The fraction of sp³-hybridized carbons (Fsp3) is 0.650. The summed E-state index contributed by atoms with van der Waals surface area (Å²) >= 11 is 1.75. The van der Waals surface area contributed by atoms with E-state index in [1.165, 1.54) is 30.7 Å². The third-order valence-corrected chi connectivity index (χ3v) is 5.74. The lowest BCUT2D eigenvalue weighted by Gasteiger charge is -2.13. The number of halogens is 1. The molecule has 0 bridgehead atoms. The van der Waals surface area contributed by atoms with Crippen LogP contribution in [0.5, 0.6) is 0 Å². The zero-order valence-electron chi connectivity index (χ0n) is 17.0. The maximum Gasteiger partial charge on any atom is 0.191 e. The Bertz CT molecular complexity index is 712. The second kappa shape index (κ2) is 12.4. The molecule has 0 aliphatic carbocycles. The minimum Gasteiger partial charge on any atom is -0.357 e. The van der Waals surface area contributed by atoms with Crippen molar-refractivity contribution >= 4 is 41.3 Å². The molecule has 1 aliphatic rings. The van der Waals surface area contributed by atoms with E-state index in [1.54, 1.807) is 11.3 Å². The first kappa shape index (κ1) is 23.1. The largest absolute Gasteiger partial charge is 0.357 e. The lowest BCUT2D eigenvalue weighted by atomic mass is 10.1. The van der Waals surface area contributed by atoms with Crippen LogP contribution >= 0.6 is 35.3 Å². The van der Waals surface area contributed by atoms with E-state index in [2.05, 4.69) is 56.1 Å². The fourth-order valence-corrected chi connectivity index (χ4v) is 4.20. The molecule has 0 spiro atoms. The number of fused-ring (bicyclic) bond motifs is 1. The highest BCUT2D eigenvalue weighted by atomic mass is 127. The lowest BCUT2D eigenvalue weighted by molar-refractivity contribution is 0.593. The van der Waals surface area contributed by atoms with E-state index in [1.807, 2.05) is 0 Å². The summed E-state index contributed by atoms with van der Waals surface area (Å²) in [6.07, 6.45) is 6.86. The molecule has 3 heterocycles. The molecular formula is C20H33IN6S. The first-order valence-corrected chi connectivity index (χ1v) is 11.2. The summed E-state index contributed by atoms with van der Waals surface area (Å²) in [5, 5.41) is 20.0. The van der Waals surface area contributed by atoms with Gasteiger partial charge in [0.2, 0.25) is 0 Å². The number of aromatic nitrogens is 3. The Morgan fingerprint density at radius 1 is 1.29 bits per heavy atom. The van der Waals surface area contributed by atoms with E-state index < -0.39 is 0 Å². The Morgan fingerprint density at radius 2 is 2.18 bits per heavy atom. The average molecular weight is 516 g/mol. The minimum atomic E-state index is 0. The highest BCUT2D eigenvalue weighted by molar-refractivity contribution is 14.0. The number of aliphatic imine (C=N–C) groups is 1. The topological polar surface area (TPSA) is 67.1 Å². The van der Waals surface area contributed by atoms with Crippen LogP contribution in [-0.4, -0.2) is 40.4 Å². The van der Waals surface area contributed by atoms with Crippen molar-refractivity contribution in [2.45, 2.75) is 64.8 Å². The number of thiophene rings is 1. The molecule has 3 rings (SSSR count). The maximum absolute atomic E-state index is 4.75. The lowest BCUT2D eigenvalue weighted by Crippen LogP contribution is -2.38. The highest BCUT2D eigenvalue weighted by Gasteiger charge is 2.14. The van der Waals surface area contributed by atoms with Crippen LogP contribution in [0.3, 0.4) is 0 Å². The van der Waals surface area contributed by atoms with Crippen molar-refractivity contribution in [2.24, 2.45) is 4.99 Å². The third kappa shape index (κ3) is 6.72. The second-order valence-electron chi connectivity index (χ2n) is 7.20. The van der Waals surface area contributed by atoms with Crippen molar-refractivity contribution in [3.05, 3.63) is 34.0 Å². The van der Waals surface area contributed by atoms with Gasteiger partial charge >= 0.3 is 0 Å². The van der Waals surface area contributed by atoms with Crippen molar-refractivity contribution in [2.75, 3.05) is 19.6 Å². The molecule has 8 heteroatoms. The van der Waals surface area contributed by atoms with Crippen LogP contribution in [0, 0.1) is 0 Å². The van der Waals surface area contributed by atoms with Crippen molar-refractivity contribution < 1.29 is 0 Å². The highest BCUT2D eigenvalue weighted by Crippen LogP contribution is 2.18. The maximum atomic E-state index is 4.75. The molecule has 1 atom stereocenters. The van der Waals surface area contributed by atoms with Crippen LogP contribution in [0.4, 0.5) is 0 Å². The van der Waals surface area contributed by atoms with Gasteiger partial charge in [-0.05, 0) is 48.6 Å². The van der Waals surface area contributed by atoms with Gasteiger partial charge in [0.1, 0.15) is 11.6 Å². The quantitative estimate of drug-likeness (QED) is 0.241. The van der Waals surface area contributed by atoms with Gasteiger partial charge in [0.05, 0.1) is 0 Å². The van der Waals surface area contributed by atoms with Gasteiger partial charge in [0.15, 0.2) is 5.96 Å². The van der Waals surface area contributed by atoms with E-state index in [9.17, 15) is 0 Å². The number of nitrogens with one attached hydrogen (secondary N) is 2. The van der Waals surface area contributed by atoms with Crippen molar-refractivity contribution in [3.8, 4) is 0 Å². The van der Waals surface area contributed by atoms with Gasteiger partial charge in [-0.1, -0.05) is 13.3 Å². The van der Waals surface area contributed by atoms with E-state index in [4.69, 9.17) is 4.99 Å². The van der Waals surface area contributed by atoms with Crippen LogP contribution in [0.2, 0.25) is 0 Å². The van der Waals surface area contributed by atoms with E-state index in [0.29, 0.717) is 5.92 Å². The summed E-state index contributed by atoms with van der Waals surface area (Å²) in [5.74, 6) is 3.66. The number of nitrogens with zero attached hydrogens (tertiary/aromatic N) is 4. The summed E-state index contributed by atoms with van der Waals surface area (Å²) in [5.41, 5.74) is 1.37. The van der Waals surface area contributed by atoms with Crippen LogP contribution in [0.1, 0.15) is 62.7 Å². The van der Waals surface area contributed by atoms with E-state index in [0.717, 1.165) is 57.2 Å². The monoisotopic (exact) mass is 516 g/mol. The van der Waals surface area contributed by atoms with Crippen LogP contribution in [0.15, 0.2) is 21.8 Å². The third-order valence-electron chi connectivity index (χ3n) is 5.04. The molecule has 2 N–H and O–H groups in total. The van der Waals surface area contributed by atoms with Crippen molar-refractivity contribution in [1.82, 2.24) is 25.4 Å². The van der Waals surface area contributed by atoms with Gasteiger partial charge in [0.25, 0.3) is 0 Å². The molecule has 1 aliphatic heterocycles. The Morgan fingerprint density at radius 3 is 2.96 bits per heavy atom. The summed E-state index contributed by atoms with van der Waals surface area (Å²) in [4.78, 5) is 4.75. The molecule has 0 amide bonds. The Labute approximate surface area is 189 Å². The molecule has 0 saturated heterocycles. The SMILES string of the molecule is CCNC(=NCC(C)c1ccsc1)NCCCc1nnc2n1CCCCC2.I. The fourth-order valence-electron chi connectivity index (χ4n) is 3.41. The van der Waals surface area contributed by atoms with Gasteiger partial charge in [0, 0.05) is 44.9 Å². The standard InChI is InChI=1S/C20H32N6S.HI/c1-3-21-20(23-14-16(2)17-10-13-27-15-17)22-11-7-9-19-25-24-18-8-5-4-6-12-26(18)19;/h10,13,15-16H,3-9,11-12,14H2,1-2H3,(H2,21,22,23);1H. The van der Waals surface area contributed by atoms with Gasteiger partial charge in [-0.3, -0.25) is 4.99 Å². The number of aryl methyl sites for hydroxylation is 2. The van der Waals surface area contributed by atoms with Crippen molar-refractivity contribution in [3.63, 3.8) is 0 Å². The predicted molar refractivity (Wildman–Crippen MR) is 128 cm³/mol. The van der Waals surface area contributed by atoms with E-state index in [-0.39, 0.29) is 24.0 Å². The van der Waals surface area contributed by atoms with Crippen LogP contribution in [-0.2, 0) is 19.4 Å². The average Bonchev–Trinajstić information content (AvgIpc) is 3.28. The predicted octanol–water partition coefficient (Wildman–Crippen LogP) is 3.98. The molecule has 0 radical (unpaired) electrons. The van der Waals surface area contributed by atoms with Crippen molar-refractivity contribution in [1.29, 1.82) is 0 Å². The summed E-state index contributed by atoms with van der Waals surface area (Å²) in [6, 6.07) is 2.19. The van der Waals surface area contributed by atoms with Crippen LogP contribution < -0.4 is 10.6 Å². The second-order valence-corrected chi connectivity index (χ2v) is 7.98. The van der Waals surface area contributed by atoms with Gasteiger partial charge in [-0.15, -0.1) is 34.2 Å². The Hall–Kier alpha value is -1.16. The first-order chi connectivity index (χ1) is 13.3. The summed E-state index contributed by atoms with van der Waals surface area (Å²) < 4.78 is 2.34. The first-order valence-electron chi connectivity index (χ1n) is 10.2. The zero-order valence-corrected chi connectivity index (χ0v) is 20.1. The Kier molecular flexibility index (Phi) is 10.3. The Balaban J connectivity index is 0.00000280. The molecule has 1 unspecified atom stereocenters. The molecule has 2 aromatic heterocycles. The summed E-state index contributed by atoms with van der Waals surface area (Å²) in [7, 11) is 0. The summed E-state index contributed by atoms with van der Waals surface area (Å²) in [6.45, 7) is 7.97. The van der Waals surface area contributed by atoms with Gasteiger partial charge < -0.3 is 15.2 Å². The molecule has 156 valence electrons.